The van der Waals surface area contributed by atoms with E-state index in [0.717, 1.165) is 11.8 Å². The first-order chi connectivity index (χ1) is 9.76. The minimum absolute atomic E-state index is 0.263. The number of aliphatic carboxylic acids is 1. The lowest BCUT2D eigenvalue weighted by Gasteiger charge is -2.07. The standard InChI is InChI=1S/C13H16N2O5S/c1-21(19,20)15-9-4-2-8(3-5-9)7-14-12(16)10-6-11(10)13(17)18/h2-5,10-11,15H,6-7H2,1H3,(H,14,16)(H,17,18). The van der Waals surface area contributed by atoms with Gasteiger partial charge in [0, 0.05) is 12.2 Å². The molecule has 21 heavy (non-hydrogen) atoms. The molecule has 1 aromatic carbocycles. The molecule has 1 amide bonds. The molecule has 8 heteroatoms. The maximum Gasteiger partial charge on any atom is 0.307 e. The Hall–Kier alpha value is -2.09. The summed E-state index contributed by atoms with van der Waals surface area (Å²) in [6.07, 6.45) is 1.45. The van der Waals surface area contributed by atoms with E-state index in [1.54, 1.807) is 24.3 Å². The van der Waals surface area contributed by atoms with Crippen molar-refractivity contribution in [2.75, 3.05) is 11.0 Å². The molecule has 0 spiro atoms. The molecule has 1 aliphatic rings. The molecule has 0 saturated heterocycles. The van der Waals surface area contributed by atoms with E-state index in [2.05, 4.69) is 10.0 Å². The highest BCUT2D eigenvalue weighted by Crippen LogP contribution is 2.38. The third-order valence-corrected chi connectivity index (χ3v) is 3.77. The summed E-state index contributed by atoms with van der Waals surface area (Å²) < 4.78 is 24.4. The molecule has 0 radical (unpaired) electrons. The summed E-state index contributed by atoms with van der Waals surface area (Å²) in [7, 11) is -3.31. The third-order valence-electron chi connectivity index (χ3n) is 3.17. The van der Waals surface area contributed by atoms with Gasteiger partial charge in [0.1, 0.15) is 0 Å². The summed E-state index contributed by atoms with van der Waals surface area (Å²) in [5.74, 6) is -2.20. The molecular formula is C13H16N2O5S. The fourth-order valence-electron chi connectivity index (χ4n) is 1.98. The smallest absolute Gasteiger partial charge is 0.307 e. The Bertz CT molecular complexity index is 654. The molecule has 7 nitrogen and oxygen atoms in total. The van der Waals surface area contributed by atoms with Crippen molar-refractivity contribution in [3.8, 4) is 0 Å². The van der Waals surface area contributed by atoms with Crippen LogP contribution in [0.1, 0.15) is 12.0 Å². The molecule has 0 bridgehead atoms. The van der Waals surface area contributed by atoms with Crippen LogP contribution in [0.15, 0.2) is 24.3 Å². The van der Waals surface area contributed by atoms with E-state index in [1.807, 2.05) is 0 Å². The highest BCUT2D eigenvalue weighted by atomic mass is 32.2. The quantitative estimate of drug-likeness (QED) is 0.703. The van der Waals surface area contributed by atoms with Crippen molar-refractivity contribution in [1.29, 1.82) is 0 Å². The van der Waals surface area contributed by atoms with Crippen LogP contribution >= 0.6 is 0 Å². The Morgan fingerprint density at radius 3 is 2.33 bits per heavy atom. The first kappa shape index (κ1) is 15.3. The van der Waals surface area contributed by atoms with Gasteiger partial charge in [-0.05, 0) is 24.1 Å². The molecule has 2 rings (SSSR count). The summed E-state index contributed by atoms with van der Waals surface area (Å²) in [4.78, 5) is 22.3. The maximum atomic E-state index is 11.7. The molecule has 3 N–H and O–H groups in total. The van der Waals surface area contributed by atoms with Gasteiger partial charge in [-0.15, -0.1) is 0 Å². The van der Waals surface area contributed by atoms with E-state index in [1.165, 1.54) is 0 Å². The van der Waals surface area contributed by atoms with Crippen molar-refractivity contribution >= 4 is 27.6 Å². The second-order valence-electron chi connectivity index (χ2n) is 5.08. The molecule has 114 valence electrons. The first-order valence-electron chi connectivity index (χ1n) is 6.33. The van der Waals surface area contributed by atoms with Crippen LogP contribution in [0.25, 0.3) is 0 Å². The number of carbonyl (C=O) groups excluding carboxylic acids is 1. The molecule has 2 unspecified atom stereocenters. The van der Waals surface area contributed by atoms with Crippen molar-refractivity contribution in [3.63, 3.8) is 0 Å². The summed E-state index contributed by atoms with van der Waals surface area (Å²) >= 11 is 0. The van der Waals surface area contributed by atoms with Crippen LogP contribution in [0.2, 0.25) is 0 Å². The number of rotatable bonds is 6. The fourth-order valence-corrected chi connectivity index (χ4v) is 2.55. The van der Waals surface area contributed by atoms with E-state index in [-0.39, 0.29) is 12.5 Å². The number of hydrogen-bond acceptors (Lipinski definition) is 4. The third kappa shape index (κ3) is 4.45. The average molecular weight is 312 g/mol. The lowest BCUT2D eigenvalue weighted by molar-refractivity contribution is -0.140. The molecule has 2 atom stereocenters. The number of benzene rings is 1. The van der Waals surface area contributed by atoms with Gasteiger partial charge < -0.3 is 10.4 Å². The molecule has 0 aromatic heterocycles. The normalized spacial score (nSPS) is 20.6. The number of nitrogens with one attached hydrogen (secondary N) is 2. The van der Waals surface area contributed by atoms with Crippen LogP contribution in [-0.4, -0.2) is 31.7 Å². The zero-order valence-electron chi connectivity index (χ0n) is 11.4. The van der Waals surface area contributed by atoms with Gasteiger partial charge in [0.05, 0.1) is 18.1 Å². The minimum atomic E-state index is -3.31. The Labute approximate surface area is 122 Å². The number of carbonyl (C=O) groups is 2. The van der Waals surface area contributed by atoms with Gasteiger partial charge in [-0.25, -0.2) is 8.42 Å². The summed E-state index contributed by atoms with van der Waals surface area (Å²) in [6.45, 7) is 0.279. The fraction of sp³-hybridized carbons (Fsp3) is 0.385. The Morgan fingerprint density at radius 1 is 1.24 bits per heavy atom. The number of sulfonamides is 1. The Morgan fingerprint density at radius 2 is 1.86 bits per heavy atom. The van der Waals surface area contributed by atoms with Gasteiger partial charge in [-0.2, -0.15) is 0 Å². The van der Waals surface area contributed by atoms with Gasteiger partial charge in [0.2, 0.25) is 15.9 Å². The second kappa shape index (κ2) is 5.72. The molecule has 0 heterocycles. The van der Waals surface area contributed by atoms with E-state index >= 15 is 0 Å². The summed E-state index contributed by atoms with van der Waals surface area (Å²) in [5.41, 5.74) is 1.25. The lowest BCUT2D eigenvalue weighted by Crippen LogP contribution is -2.25. The number of carboxylic acids is 1. The predicted octanol–water partition coefficient (Wildman–Crippen LogP) is 0.395. The zero-order valence-corrected chi connectivity index (χ0v) is 12.2. The van der Waals surface area contributed by atoms with Crippen LogP contribution in [0, 0.1) is 11.8 Å². The van der Waals surface area contributed by atoms with Crippen molar-refractivity contribution in [2.45, 2.75) is 13.0 Å². The largest absolute Gasteiger partial charge is 0.481 e. The Kier molecular flexibility index (Phi) is 4.17. The van der Waals surface area contributed by atoms with Crippen LogP contribution in [-0.2, 0) is 26.2 Å². The summed E-state index contributed by atoms with van der Waals surface area (Å²) in [6, 6.07) is 6.57. The maximum absolute atomic E-state index is 11.7. The van der Waals surface area contributed by atoms with Crippen molar-refractivity contribution in [2.24, 2.45) is 11.8 Å². The molecule has 1 aliphatic carbocycles. The van der Waals surface area contributed by atoms with Gasteiger partial charge in [-0.3, -0.25) is 14.3 Å². The number of amides is 1. The van der Waals surface area contributed by atoms with Crippen LogP contribution in [0.4, 0.5) is 5.69 Å². The topological polar surface area (TPSA) is 113 Å². The summed E-state index contributed by atoms with van der Waals surface area (Å²) in [5, 5.41) is 11.4. The zero-order chi connectivity index (χ0) is 15.6. The van der Waals surface area contributed by atoms with E-state index in [4.69, 9.17) is 5.11 Å². The van der Waals surface area contributed by atoms with Gasteiger partial charge in [0.15, 0.2) is 0 Å². The highest BCUT2D eigenvalue weighted by Gasteiger charge is 2.48. The highest BCUT2D eigenvalue weighted by molar-refractivity contribution is 7.92. The average Bonchev–Trinajstić information content (AvgIpc) is 3.16. The van der Waals surface area contributed by atoms with Crippen molar-refractivity contribution < 1.29 is 23.1 Å². The molecular weight excluding hydrogens is 296 g/mol. The predicted molar refractivity (Wildman–Crippen MR) is 76.0 cm³/mol. The Balaban J connectivity index is 1.84. The van der Waals surface area contributed by atoms with Gasteiger partial charge >= 0.3 is 5.97 Å². The first-order valence-corrected chi connectivity index (χ1v) is 8.22. The van der Waals surface area contributed by atoms with Crippen LogP contribution < -0.4 is 10.0 Å². The SMILES string of the molecule is CS(=O)(=O)Nc1ccc(CNC(=O)C2CC2C(=O)O)cc1. The lowest BCUT2D eigenvalue weighted by atomic mass is 10.2. The monoisotopic (exact) mass is 312 g/mol. The molecule has 1 fully saturated rings. The van der Waals surface area contributed by atoms with E-state index < -0.39 is 27.8 Å². The van der Waals surface area contributed by atoms with Gasteiger partial charge in [0.25, 0.3) is 0 Å². The molecule has 1 aromatic rings. The van der Waals surface area contributed by atoms with Gasteiger partial charge in [-0.1, -0.05) is 12.1 Å². The second-order valence-corrected chi connectivity index (χ2v) is 6.82. The van der Waals surface area contributed by atoms with E-state index in [9.17, 15) is 18.0 Å². The number of anilines is 1. The van der Waals surface area contributed by atoms with Crippen molar-refractivity contribution in [3.05, 3.63) is 29.8 Å². The van der Waals surface area contributed by atoms with Crippen LogP contribution in [0.5, 0.6) is 0 Å². The number of carboxylic acid groups (broad SMARTS) is 1. The molecule has 1 saturated carbocycles. The molecule has 0 aliphatic heterocycles. The van der Waals surface area contributed by atoms with E-state index in [0.29, 0.717) is 12.1 Å². The number of hydrogen-bond donors (Lipinski definition) is 3. The van der Waals surface area contributed by atoms with Crippen LogP contribution in [0.3, 0.4) is 0 Å². The van der Waals surface area contributed by atoms with Crippen molar-refractivity contribution in [1.82, 2.24) is 5.32 Å². The minimum Gasteiger partial charge on any atom is -0.481 e.